The molecule has 0 aromatic rings. The van der Waals surface area contributed by atoms with Crippen LogP contribution in [0.1, 0.15) is 98.3 Å². The number of carbonyl (C=O) groups excluding carboxylic acids is 1. The SMILES string of the molecule is C=C1C(=CC=C2CCC[C@]3(C)[C@@H]([C@H](C)CC[C@H](OC(=O)C(C)(C)CO)C4CC4)CC[C@@H]23)C[C@@H](O)C[C@@H]1O. The van der Waals surface area contributed by atoms with Crippen molar-refractivity contribution in [2.45, 2.75) is 117 Å². The zero-order valence-electron chi connectivity index (χ0n) is 23.5. The molecular formula is C32H50O5. The lowest BCUT2D eigenvalue weighted by molar-refractivity contribution is -0.163. The van der Waals surface area contributed by atoms with E-state index >= 15 is 0 Å². The van der Waals surface area contributed by atoms with Crippen molar-refractivity contribution in [1.29, 1.82) is 0 Å². The van der Waals surface area contributed by atoms with Crippen LogP contribution < -0.4 is 0 Å². The van der Waals surface area contributed by atoms with E-state index in [2.05, 4.69) is 32.6 Å². The predicted molar refractivity (Wildman–Crippen MR) is 147 cm³/mol. The Morgan fingerprint density at radius 3 is 2.59 bits per heavy atom. The molecule has 0 saturated heterocycles. The minimum absolute atomic E-state index is 0.0199. The molecule has 0 spiro atoms. The van der Waals surface area contributed by atoms with Crippen molar-refractivity contribution in [2.24, 2.45) is 34.5 Å². The van der Waals surface area contributed by atoms with Gasteiger partial charge >= 0.3 is 5.97 Å². The first-order chi connectivity index (χ1) is 17.5. The van der Waals surface area contributed by atoms with E-state index in [0.29, 0.717) is 36.5 Å². The maximum Gasteiger partial charge on any atom is 0.314 e. The smallest absolute Gasteiger partial charge is 0.314 e. The molecule has 4 aliphatic carbocycles. The molecule has 4 rings (SSSR count). The van der Waals surface area contributed by atoms with Gasteiger partial charge in [-0.2, -0.15) is 0 Å². The second-order valence-electron chi connectivity index (χ2n) is 13.5. The predicted octanol–water partition coefficient (Wildman–Crippen LogP) is 5.88. The van der Waals surface area contributed by atoms with Gasteiger partial charge < -0.3 is 20.1 Å². The third-order valence-electron chi connectivity index (χ3n) is 10.2. The van der Waals surface area contributed by atoms with E-state index in [4.69, 9.17) is 4.74 Å². The number of allylic oxidation sites excluding steroid dienone is 3. The molecule has 5 nitrogen and oxygen atoms in total. The fourth-order valence-electron chi connectivity index (χ4n) is 7.53. The van der Waals surface area contributed by atoms with Crippen molar-refractivity contribution in [1.82, 2.24) is 0 Å². The average molecular weight is 515 g/mol. The fourth-order valence-corrected chi connectivity index (χ4v) is 7.53. The van der Waals surface area contributed by atoms with Crippen molar-refractivity contribution in [3.63, 3.8) is 0 Å². The molecule has 4 aliphatic rings. The van der Waals surface area contributed by atoms with Gasteiger partial charge in [0.05, 0.1) is 24.2 Å². The second-order valence-corrected chi connectivity index (χ2v) is 13.5. The van der Waals surface area contributed by atoms with Crippen LogP contribution in [0.15, 0.2) is 35.5 Å². The summed E-state index contributed by atoms with van der Waals surface area (Å²) >= 11 is 0. The molecule has 5 heteroatoms. The first-order valence-corrected chi connectivity index (χ1v) is 14.7. The lowest BCUT2D eigenvalue weighted by Gasteiger charge is -2.44. The van der Waals surface area contributed by atoms with Crippen molar-refractivity contribution in [3.8, 4) is 0 Å². The quantitative estimate of drug-likeness (QED) is 0.334. The van der Waals surface area contributed by atoms with Crippen LogP contribution in [0.4, 0.5) is 0 Å². The highest BCUT2D eigenvalue weighted by Crippen LogP contribution is 2.60. The topological polar surface area (TPSA) is 87.0 Å². The van der Waals surface area contributed by atoms with Crippen molar-refractivity contribution < 1.29 is 24.9 Å². The molecule has 37 heavy (non-hydrogen) atoms. The van der Waals surface area contributed by atoms with E-state index in [1.165, 1.54) is 31.3 Å². The molecule has 0 radical (unpaired) electrons. The van der Waals surface area contributed by atoms with Gasteiger partial charge in [0.25, 0.3) is 0 Å². The Hall–Kier alpha value is -1.43. The number of aliphatic hydroxyl groups is 3. The summed E-state index contributed by atoms with van der Waals surface area (Å²) < 4.78 is 5.95. The molecule has 0 bridgehead atoms. The number of fused-ring (bicyclic) bond motifs is 1. The highest BCUT2D eigenvalue weighted by Gasteiger charge is 2.50. The van der Waals surface area contributed by atoms with Gasteiger partial charge in [0.15, 0.2) is 0 Å². The van der Waals surface area contributed by atoms with E-state index in [-0.39, 0.29) is 24.1 Å². The number of aliphatic hydroxyl groups excluding tert-OH is 3. The number of hydrogen-bond acceptors (Lipinski definition) is 5. The third-order valence-corrected chi connectivity index (χ3v) is 10.2. The summed E-state index contributed by atoms with van der Waals surface area (Å²) in [5, 5.41) is 29.9. The molecule has 3 N–H and O–H groups in total. The summed E-state index contributed by atoms with van der Waals surface area (Å²) in [6.07, 6.45) is 14.5. The summed E-state index contributed by atoms with van der Waals surface area (Å²) in [4.78, 5) is 12.6. The van der Waals surface area contributed by atoms with Gasteiger partial charge in [0, 0.05) is 6.42 Å². The molecule has 0 unspecified atom stereocenters. The second kappa shape index (κ2) is 11.4. The van der Waals surface area contributed by atoms with Crippen molar-refractivity contribution in [3.05, 3.63) is 35.5 Å². The van der Waals surface area contributed by atoms with Crippen molar-refractivity contribution >= 4 is 5.97 Å². The summed E-state index contributed by atoms with van der Waals surface area (Å²) in [7, 11) is 0. The van der Waals surface area contributed by atoms with Crippen LogP contribution in [-0.4, -0.2) is 46.2 Å². The third kappa shape index (κ3) is 6.25. The normalized spacial score (nSPS) is 36.5. The number of hydrogen-bond donors (Lipinski definition) is 3. The van der Waals surface area contributed by atoms with Gasteiger partial charge in [-0.3, -0.25) is 4.79 Å². The Morgan fingerprint density at radius 2 is 1.92 bits per heavy atom. The minimum Gasteiger partial charge on any atom is -0.462 e. The Morgan fingerprint density at radius 1 is 1.19 bits per heavy atom. The van der Waals surface area contributed by atoms with Gasteiger partial charge in [-0.05, 0) is 118 Å². The summed E-state index contributed by atoms with van der Waals surface area (Å²) in [5.41, 5.74) is 2.71. The Balaban J connectivity index is 1.40. The highest BCUT2D eigenvalue weighted by molar-refractivity contribution is 5.76. The first kappa shape index (κ1) is 28.6. The lowest BCUT2D eigenvalue weighted by atomic mass is 9.60. The molecule has 0 aromatic carbocycles. The Bertz CT molecular complexity index is 912. The zero-order valence-corrected chi connectivity index (χ0v) is 23.5. The van der Waals surface area contributed by atoms with Crippen molar-refractivity contribution in [2.75, 3.05) is 6.61 Å². The maximum absolute atomic E-state index is 12.6. The van der Waals surface area contributed by atoms with Crippen LogP contribution in [0.2, 0.25) is 0 Å². The molecule has 0 aromatic heterocycles. The van der Waals surface area contributed by atoms with Gasteiger partial charge in [0.1, 0.15) is 6.10 Å². The molecule has 4 saturated carbocycles. The standard InChI is InChI=1S/C32H50O5/c1-20(8-15-29(23-10-11-23)37-30(36)31(3,4)19-33)26-13-14-27-22(7-6-16-32(26,27)5)9-12-24-17-25(34)18-28(35)21(24)2/h9,12,20,23,25-29,33-35H,2,6-8,10-11,13-19H2,1,3-5H3/t20-,25-,26-,27+,28+,29+,32-/m1/s1. The van der Waals surface area contributed by atoms with Crippen LogP contribution in [0.5, 0.6) is 0 Å². The molecule has 4 fully saturated rings. The number of carbonyl (C=O) groups is 1. The van der Waals surface area contributed by atoms with Gasteiger partial charge in [-0.15, -0.1) is 0 Å². The van der Waals surface area contributed by atoms with E-state index in [1.54, 1.807) is 13.8 Å². The largest absolute Gasteiger partial charge is 0.462 e. The van der Waals surface area contributed by atoms with Gasteiger partial charge in [-0.1, -0.05) is 38.2 Å². The average Bonchev–Trinajstić information content (AvgIpc) is 3.63. The Kier molecular flexibility index (Phi) is 8.77. The summed E-state index contributed by atoms with van der Waals surface area (Å²) in [5.74, 6) is 2.03. The van der Waals surface area contributed by atoms with Gasteiger partial charge in [-0.25, -0.2) is 0 Å². The highest BCUT2D eigenvalue weighted by atomic mass is 16.5. The van der Waals surface area contributed by atoms with Crippen LogP contribution in [0, 0.1) is 34.5 Å². The zero-order chi connectivity index (χ0) is 27.0. The van der Waals surface area contributed by atoms with Crippen LogP contribution in [0.3, 0.4) is 0 Å². The lowest BCUT2D eigenvalue weighted by Crippen LogP contribution is -2.37. The Labute approximate surface area is 224 Å². The van der Waals surface area contributed by atoms with E-state index in [9.17, 15) is 20.1 Å². The van der Waals surface area contributed by atoms with E-state index in [0.717, 1.165) is 43.3 Å². The summed E-state index contributed by atoms with van der Waals surface area (Å²) in [6.45, 7) is 12.3. The first-order valence-electron chi connectivity index (χ1n) is 14.7. The minimum atomic E-state index is -0.842. The van der Waals surface area contributed by atoms with Crippen LogP contribution >= 0.6 is 0 Å². The molecule has 208 valence electrons. The maximum atomic E-state index is 12.6. The number of ether oxygens (including phenoxy) is 1. The van der Waals surface area contributed by atoms with Gasteiger partial charge in [0.2, 0.25) is 0 Å². The molecule has 0 heterocycles. The molecule has 0 aliphatic heterocycles. The summed E-state index contributed by atoms with van der Waals surface area (Å²) in [6, 6.07) is 0. The monoisotopic (exact) mass is 514 g/mol. The van der Waals surface area contributed by atoms with E-state index in [1.807, 2.05) is 0 Å². The van der Waals surface area contributed by atoms with Crippen LogP contribution in [-0.2, 0) is 9.53 Å². The molecule has 0 amide bonds. The van der Waals surface area contributed by atoms with Crippen LogP contribution in [0.25, 0.3) is 0 Å². The van der Waals surface area contributed by atoms with E-state index < -0.39 is 17.6 Å². The fraction of sp³-hybridized carbons (Fsp3) is 0.781. The number of esters is 1. The number of rotatable bonds is 9. The molecule has 7 atom stereocenters. The molecular weight excluding hydrogens is 464 g/mol.